The predicted octanol–water partition coefficient (Wildman–Crippen LogP) is 3.98. The number of benzene rings is 1. The van der Waals surface area contributed by atoms with Crippen molar-refractivity contribution in [2.24, 2.45) is 7.05 Å². The van der Waals surface area contributed by atoms with E-state index in [-0.39, 0.29) is 11.9 Å². The van der Waals surface area contributed by atoms with Gasteiger partial charge in [0.05, 0.1) is 4.90 Å². The van der Waals surface area contributed by atoms with Gasteiger partial charge in [0.1, 0.15) is 22.9 Å². The highest BCUT2D eigenvalue weighted by molar-refractivity contribution is 7.90. The molecule has 1 aromatic carbocycles. The Kier molecular flexibility index (Phi) is 5.74. The number of hydrogen-bond donors (Lipinski definition) is 2. The molecular formula is C23H24F2N8O2S. The van der Waals surface area contributed by atoms with E-state index in [2.05, 4.69) is 30.6 Å². The molecule has 1 fully saturated rings. The van der Waals surface area contributed by atoms with E-state index in [0.717, 1.165) is 47.4 Å². The first-order valence-electron chi connectivity index (χ1n) is 11.1. The third-order valence-corrected chi connectivity index (χ3v) is 6.97. The minimum Gasteiger partial charge on any atom is -0.323 e. The predicted molar refractivity (Wildman–Crippen MR) is 130 cm³/mol. The number of nitrogens with zero attached hydrogens (tertiary/aromatic N) is 6. The van der Waals surface area contributed by atoms with Crippen molar-refractivity contribution in [2.75, 3.05) is 23.5 Å². The summed E-state index contributed by atoms with van der Waals surface area (Å²) in [5.41, 5.74) is 2.34. The average molecular weight is 515 g/mol. The van der Waals surface area contributed by atoms with Gasteiger partial charge in [-0.1, -0.05) is 0 Å². The first kappa shape index (κ1) is 23.9. The highest BCUT2D eigenvalue weighted by atomic mass is 32.2. The van der Waals surface area contributed by atoms with E-state index in [1.165, 1.54) is 7.05 Å². The highest BCUT2D eigenvalue weighted by Gasteiger charge is 2.33. The van der Waals surface area contributed by atoms with Crippen LogP contribution in [0.2, 0.25) is 0 Å². The van der Waals surface area contributed by atoms with Crippen LogP contribution in [0.4, 0.5) is 32.1 Å². The van der Waals surface area contributed by atoms with Crippen LogP contribution in [0, 0.1) is 18.6 Å². The van der Waals surface area contributed by atoms with E-state index in [9.17, 15) is 8.42 Å². The molecule has 1 aliphatic carbocycles. The Morgan fingerprint density at radius 1 is 1.17 bits per heavy atom. The molecule has 1 aliphatic rings. The number of sulfone groups is 1. The third kappa shape index (κ3) is 4.53. The molecule has 0 amide bonds. The number of aryl methyl sites for hydroxylation is 2. The normalized spacial score (nSPS) is 13.7. The van der Waals surface area contributed by atoms with Crippen molar-refractivity contribution >= 4 is 33.1 Å². The molecule has 0 saturated heterocycles. The van der Waals surface area contributed by atoms with Crippen molar-refractivity contribution in [1.82, 2.24) is 29.9 Å². The van der Waals surface area contributed by atoms with Gasteiger partial charge in [0.2, 0.25) is 5.95 Å². The van der Waals surface area contributed by atoms with E-state index in [1.807, 2.05) is 19.1 Å². The lowest BCUT2D eigenvalue weighted by Gasteiger charge is -2.22. The fourth-order valence-electron chi connectivity index (χ4n) is 3.98. The molecule has 5 rings (SSSR count). The molecule has 13 heteroatoms. The summed E-state index contributed by atoms with van der Waals surface area (Å²) in [6.45, 7) is 1.87. The van der Waals surface area contributed by atoms with Crippen LogP contribution in [0.1, 0.15) is 30.0 Å². The molecular weight excluding hydrogens is 490 g/mol. The standard InChI is InChI=1S/C23H24F2N8O2S/c1-12-9-18(30-29-12)26-22-19(13-5-6-13)20(17-7-8-32(2)31-17)27-23(28-22)33(3)21-15(24)10-14(11-16(21)25)36(4,34)35/h7-11,13H,5-6H2,1-4H3,(H2,26,27,28,29,30). The van der Waals surface area contributed by atoms with Gasteiger partial charge in [-0.3, -0.25) is 9.78 Å². The number of halogens is 2. The number of aromatic amines is 1. The molecule has 0 aliphatic heterocycles. The summed E-state index contributed by atoms with van der Waals surface area (Å²) >= 11 is 0. The summed E-state index contributed by atoms with van der Waals surface area (Å²) in [6.07, 6.45) is 4.56. The summed E-state index contributed by atoms with van der Waals surface area (Å²) in [4.78, 5) is 10.00. The van der Waals surface area contributed by atoms with Crippen molar-refractivity contribution in [3.05, 3.63) is 53.4 Å². The molecule has 0 unspecified atom stereocenters. The first-order chi connectivity index (χ1) is 17.0. The number of nitrogens with one attached hydrogen (secondary N) is 2. The Morgan fingerprint density at radius 2 is 1.86 bits per heavy atom. The number of hydrogen-bond acceptors (Lipinski definition) is 8. The maximum atomic E-state index is 15.0. The van der Waals surface area contributed by atoms with Gasteiger partial charge in [0, 0.05) is 43.9 Å². The Morgan fingerprint density at radius 3 is 2.39 bits per heavy atom. The quantitative estimate of drug-likeness (QED) is 0.380. The van der Waals surface area contributed by atoms with Crippen LogP contribution in [0.15, 0.2) is 35.4 Å². The second kappa shape index (κ2) is 8.66. The lowest BCUT2D eigenvalue weighted by molar-refractivity contribution is 0.569. The summed E-state index contributed by atoms with van der Waals surface area (Å²) in [5, 5.41) is 14.8. The molecule has 3 heterocycles. The van der Waals surface area contributed by atoms with Crippen LogP contribution in [0.25, 0.3) is 11.4 Å². The largest absolute Gasteiger partial charge is 0.323 e. The zero-order valence-corrected chi connectivity index (χ0v) is 20.9. The summed E-state index contributed by atoms with van der Waals surface area (Å²) < 4.78 is 55.3. The van der Waals surface area contributed by atoms with Gasteiger partial charge in [0.15, 0.2) is 27.3 Å². The van der Waals surface area contributed by atoms with Gasteiger partial charge < -0.3 is 10.2 Å². The van der Waals surface area contributed by atoms with Gasteiger partial charge in [-0.25, -0.2) is 22.2 Å². The van der Waals surface area contributed by atoms with Crippen LogP contribution in [0.5, 0.6) is 0 Å². The number of rotatable bonds is 7. The molecule has 0 spiro atoms. The van der Waals surface area contributed by atoms with Crippen LogP contribution in [0.3, 0.4) is 0 Å². The molecule has 1 saturated carbocycles. The van der Waals surface area contributed by atoms with Crippen molar-refractivity contribution < 1.29 is 17.2 Å². The Labute approximate surface area is 206 Å². The summed E-state index contributed by atoms with van der Waals surface area (Å²) in [5.74, 6) is -0.918. The van der Waals surface area contributed by atoms with E-state index in [0.29, 0.717) is 23.0 Å². The van der Waals surface area contributed by atoms with Crippen molar-refractivity contribution in [3.63, 3.8) is 0 Å². The molecule has 2 N–H and O–H groups in total. The molecule has 36 heavy (non-hydrogen) atoms. The molecule has 0 bridgehead atoms. The topological polar surface area (TPSA) is 122 Å². The third-order valence-electron chi connectivity index (χ3n) is 5.88. The lowest BCUT2D eigenvalue weighted by Crippen LogP contribution is -2.19. The van der Waals surface area contributed by atoms with Crippen molar-refractivity contribution in [2.45, 2.75) is 30.6 Å². The van der Waals surface area contributed by atoms with Gasteiger partial charge in [-0.05, 0) is 43.9 Å². The van der Waals surface area contributed by atoms with E-state index in [1.54, 1.807) is 17.9 Å². The van der Waals surface area contributed by atoms with Crippen LogP contribution < -0.4 is 10.2 Å². The van der Waals surface area contributed by atoms with Gasteiger partial charge in [0.25, 0.3) is 0 Å². The molecule has 188 valence electrons. The number of aromatic nitrogens is 6. The van der Waals surface area contributed by atoms with Gasteiger partial charge >= 0.3 is 0 Å². The molecule has 10 nitrogen and oxygen atoms in total. The Hall–Kier alpha value is -3.87. The maximum absolute atomic E-state index is 15.0. The molecule has 4 aromatic rings. The van der Waals surface area contributed by atoms with Gasteiger partial charge in [-0.2, -0.15) is 15.2 Å². The van der Waals surface area contributed by atoms with Gasteiger partial charge in [-0.15, -0.1) is 0 Å². The second-order valence-corrected chi connectivity index (χ2v) is 10.9. The molecule has 3 aromatic heterocycles. The van der Waals surface area contributed by atoms with E-state index >= 15 is 8.78 Å². The fraction of sp³-hybridized carbons (Fsp3) is 0.304. The van der Waals surface area contributed by atoms with Crippen molar-refractivity contribution in [3.8, 4) is 11.4 Å². The summed E-state index contributed by atoms with van der Waals surface area (Å²) in [6, 6.07) is 5.19. The fourth-order valence-corrected chi connectivity index (χ4v) is 4.61. The van der Waals surface area contributed by atoms with Crippen molar-refractivity contribution in [1.29, 1.82) is 0 Å². The monoisotopic (exact) mass is 514 g/mol. The number of anilines is 4. The Balaban J connectivity index is 1.68. The summed E-state index contributed by atoms with van der Waals surface area (Å²) in [7, 11) is -0.602. The maximum Gasteiger partial charge on any atom is 0.232 e. The zero-order valence-electron chi connectivity index (χ0n) is 20.0. The Bertz CT molecular complexity index is 1550. The van der Waals surface area contributed by atoms with E-state index < -0.39 is 32.1 Å². The van der Waals surface area contributed by atoms with Crippen LogP contribution in [-0.2, 0) is 16.9 Å². The minimum absolute atomic E-state index is 0.000263. The van der Waals surface area contributed by atoms with Crippen LogP contribution >= 0.6 is 0 Å². The first-order valence-corrected chi connectivity index (χ1v) is 13.0. The highest BCUT2D eigenvalue weighted by Crippen LogP contribution is 2.48. The minimum atomic E-state index is -3.80. The SMILES string of the molecule is Cc1cc(Nc2nc(N(C)c3c(F)cc(S(C)(=O)=O)cc3F)nc(-c3ccn(C)n3)c2C2CC2)n[nH]1. The number of H-pyrrole nitrogens is 1. The lowest BCUT2D eigenvalue weighted by atomic mass is 10.1. The second-order valence-electron chi connectivity index (χ2n) is 8.91. The molecule has 0 radical (unpaired) electrons. The average Bonchev–Trinajstić information content (AvgIpc) is 3.41. The molecule has 0 atom stereocenters. The van der Waals surface area contributed by atoms with E-state index in [4.69, 9.17) is 0 Å². The smallest absolute Gasteiger partial charge is 0.232 e. The zero-order chi connectivity index (χ0) is 25.8. The van der Waals surface area contributed by atoms with Crippen LogP contribution in [-0.4, -0.2) is 51.7 Å².